The summed E-state index contributed by atoms with van der Waals surface area (Å²) in [6, 6.07) is 17.5. The molecule has 0 saturated heterocycles. The SMILES string of the molecule is CCc1ccc(NC(=O)CC(C)=NNc2ccccc2)cc1. The number of anilines is 2. The van der Waals surface area contributed by atoms with Crippen LogP contribution in [0.3, 0.4) is 0 Å². The van der Waals surface area contributed by atoms with Gasteiger partial charge in [-0.05, 0) is 43.2 Å². The summed E-state index contributed by atoms with van der Waals surface area (Å²) < 4.78 is 0. The van der Waals surface area contributed by atoms with E-state index in [1.54, 1.807) is 0 Å². The van der Waals surface area contributed by atoms with Gasteiger partial charge in [-0.2, -0.15) is 5.10 Å². The second kappa shape index (κ2) is 7.98. The van der Waals surface area contributed by atoms with Crippen molar-refractivity contribution in [2.24, 2.45) is 5.10 Å². The summed E-state index contributed by atoms with van der Waals surface area (Å²) in [5, 5.41) is 7.08. The molecule has 0 atom stereocenters. The number of hydrogen-bond donors (Lipinski definition) is 2. The summed E-state index contributed by atoms with van der Waals surface area (Å²) in [4.78, 5) is 12.0. The van der Waals surface area contributed by atoms with E-state index in [0.717, 1.165) is 23.5 Å². The third kappa shape index (κ3) is 5.05. The van der Waals surface area contributed by atoms with E-state index in [4.69, 9.17) is 0 Å². The van der Waals surface area contributed by atoms with Gasteiger partial charge in [0.05, 0.1) is 12.1 Å². The van der Waals surface area contributed by atoms with Crippen molar-refractivity contribution in [2.45, 2.75) is 26.7 Å². The fraction of sp³-hybridized carbons (Fsp3) is 0.222. The average Bonchev–Trinajstić information content (AvgIpc) is 2.54. The fourth-order valence-corrected chi connectivity index (χ4v) is 1.97. The Morgan fingerprint density at radius 3 is 2.32 bits per heavy atom. The molecular formula is C18H21N3O. The summed E-state index contributed by atoms with van der Waals surface area (Å²) in [7, 11) is 0. The van der Waals surface area contributed by atoms with Gasteiger partial charge in [-0.3, -0.25) is 10.2 Å². The van der Waals surface area contributed by atoms with E-state index in [9.17, 15) is 4.79 Å². The minimum absolute atomic E-state index is 0.0691. The summed E-state index contributed by atoms with van der Waals surface area (Å²) in [6.45, 7) is 3.93. The van der Waals surface area contributed by atoms with Crippen LogP contribution in [0.1, 0.15) is 25.8 Å². The Morgan fingerprint density at radius 1 is 1.00 bits per heavy atom. The highest BCUT2D eigenvalue weighted by molar-refractivity contribution is 6.05. The molecule has 4 heteroatoms. The standard InChI is InChI=1S/C18H21N3O/c1-3-15-9-11-16(12-10-15)19-18(22)13-14(2)20-21-17-7-5-4-6-8-17/h4-12,21H,3,13H2,1-2H3,(H,19,22). The third-order valence-corrected chi connectivity index (χ3v) is 3.21. The molecule has 0 aromatic heterocycles. The molecular weight excluding hydrogens is 274 g/mol. The summed E-state index contributed by atoms with van der Waals surface area (Å²) in [5.41, 5.74) is 6.63. The Morgan fingerprint density at radius 2 is 1.68 bits per heavy atom. The molecule has 114 valence electrons. The molecule has 2 N–H and O–H groups in total. The van der Waals surface area contributed by atoms with E-state index in [1.165, 1.54) is 5.56 Å². The van der Waals surface area contributed by atoms with Crippen molar-refractivity contribution in [1.82, 2.24) is 0 Å². The first kappa shape index (κ1) is 15.8. The third-order valence-electron chi connectivity index (χ3n) is 3.21. The highest BCUT2D eigenvalue weighted by Crippen LogP contribution is 2.10. The van der Waals surface area contributed by atoms with Crippen LogP contribution in [-0.2, 0) is 11.2 Å². The normalized spacial score (nSPS) is 11.1. The number of carbonyl (C=O) groups excluding carboxylic acids is 1. The predicted octanol–water partition coefficient (Wildman–Crippen LogP) is 4.07. The molecule has 0 unspecified atom stereocenters. The van der Waals surface area contributed by atoms with E-state index in [1.807, 2.05) is 61.5 Å². The van der Waals surface area contributed by atoms with Gasteiger partial charge in [0.1, 0.15) is 0 Å². The lowest BCUT2D eigenvalue weighted by atomic mass is 10.1. The molecule has 2 aromatic rings. The summed E-state index contributed by atoms with van der Waals surface area (Å²) in [5.74, 6) is -0.0691. The lowest BCUT2D eigenvalue weighted by Gasteiger charge is -2.06. The van der Waals surface area contributed by atoms with Gasteiger partial charge in [0.25, 0.3) is 0 Å². The van der Waals surface area contributed by atoms with Crippen molar-refractivity contribution in [2.75, 3.05) is 10.7 Å². The van der Waals surface area contributed by atoms with Crippen molar-refractivity contribution in [3.63, 3.8) is 0 Å². The quantitative estimate of drug-likeness (QED) is 0.623. The maximum atomic E-state index is 12.0. The first-order valence-corrected chi connectivity index (χ1v) is 7.40. The zero-order valence-corrected chi connectivity index (χ0v) is 13.0. The molecule has 2 aromatic carbocycles. The molecule has 1 amide bonds. The largest absolute Gasteiger partial charge is 0.326 e. The van der Waals surface area contributed by atoms with Crippen molar-refractivity contribution < 1.29 is 4.79 Å². The average molecular weight is 295 g/mol. The lowest BCUT2D eigenvalue weighted by Crippen LogP contribution is -2.15. The van der Waals surface area contributed by atoms with Crippen LogP contribution in [0.25, 0.3) is 0 Å². The van der Waals surface area contributed by atoms with E-state index >= 15 is 0 Å². The zero-order chi connectivity index (χ0) is 15.8. The number of nitrogens with one attached hydrogen (secondary N) is 2. The van der Waals surface area contributed by atoms with Crippen LogP contribution >= 0.6 is 0 Å². The molecule has 0 fully saturated rings. The number of benzene rings is 2. The van der Waals surface area contributed by atoms with Crippen LogP contribution < -0.4 is 10.7 Å². The van der Waals surface area contributed by atoms with Gasteiger partial charge in [-0.25, -0.2) is 0 Å². The molecule has 4 nitrogen and oxygen atoms in total. The number of rotatable bonds is 6. The van der Waals surface area contributed by atoms with Crippen LogP contribution in [0.15, 0.2) is 59.7 Å². The molecule has 0 aliphatic heterocycles. The molecule has 2 rings (SSSR count). The molecule has 0 aliphatic rings. The minimum Gasteiger partial charge on any atom is -0.326 e. The number of nitrogens with zero attached hydrogens (tertiary/aromatic N) is 1. The van der Waals surface area contributed by atoms with Gasteiger partial charge < -0.3 is 5.32 Å². The highest BCUT2D eigenvalue weighted by Gasteiger charge is 2.04. The molecule has 0 saturated carbocycles. The van der Waals surface area contributed by atoms with E-state index in [-0.39, 0.29) is 12.3 Å². The van der Waals surface area contributed by atoms with Crippen molar-refractivity contribution in [3.05, 3.63) is 60.2 Å². The smallest absolute Gasteiger partial charge is 0.230 e. The van der Waals surface area contributed by atoms with Gasteiger partial charge in [-0.15, -0.1) is 0 Å². The van der Waals surface area contributed by atoms with Gasteiger partial charge in [-0.1, -0.05) is 37.3 Å². The molecule has 0 heterocycles. The number of para-hydroxylation sites is 1. The van der Waals surface area contributed by atoms with E-state index in [0.29, 0.717) is 0 Å². The molecule has 0 aliphatic carbocycles. The van der Waals surface area contributed by atoms with Crippen LogP contribution in [0.5, 0.6) is 0 Å². The molecule has 22 heavy (non-hydrogen) atoms. The monoisotopic (exact) mass is 295 g/mol. The van der Waals surface area contributed by atoms with Crippen LogP contribution in [0, 0.1) is 0 Å². The maximum absolute atomic E-state index is 12.0. The van der Waals surface area contributed by atoms with Crippen molar-refractivity contribution in [1.29, 1.82) is 0 Å². The van der Waals surface area contributed by atoms with Crippen LogP contribution in [0.2, 0.25) is 0 Å². The lowest BCUT2D eigenvalue weighted by molar-refractivity contribution is -0.115. The second-order valence-corrected chi connectivity index (χ2v) is 5.10. The minimum atomic E-state index is -0.0691. The topological polar surface area (TPSA) is 53.5 Å². The Balaban J connectivity index is 1.85. The highest BCUT2D eigenvalue weighted by atomic mass is 16.1. The van der Waals surface area contributed by atoms with Crippen LogP contribution in [0.4, 0.5) is 11.4 Å². The zero-order valence-electron chi connectivity index (χ0n) is 13.0. The number of carbonyl (C=O) groups is 1. The fourth-order valence-electron chi connectivity index (χ4n) is 1.97. The first-order chi connectivity index (χ1) is 10.7. The Labute approximate surface area is 131 Å². The van der Waals surface area contributed by atoms with E-state index < -0.39 is 0 Å². The van der Waals surface area contributed by atoms with Gasteiger partial charge >= 0.3 is 0 Å². The summed E-state index contributed by atoms with van der Waals surface area (Å²) in [6.07, 6.45) is 1.25. The van der Waals surface area contributed by atoms with Crippen molar-refractivity contribution in [3.8, 4) is 0 Å². The Bertz CT molecular complexity index is 633. The Kier molecular flexibility index (Phi) is 5.72. The second-order valence-electron chi connectivity index (χ2n) is 5.10. The number of hydrogen-bond acceptors (Lipinski definition) is 3. The molecule has 0 spiro atoms. The number of amides is 1. The number of hydrazone groups is 1. The summed E-state index contributed by atoms with van der Waals surface area (Å²) >= 11 is 0. The first-order valence-electron chi connectivity index (χ1n) is 7.40. The molecule has 0 radical (unpaired) electrons. The van der Waals surface area contributed by atoms with Crippen LogP contribution in [-0.4, -0.2) is 11.6 Å². The van der Waals surface area contributed by atoms with Crippen molar-refractivity contribution >= 4 is 23.0 Å². The Hall–Kier alpha value is -2.62. The number of aryl methyl sites for hydroxylation is 1. The van der Waals surface area contributed by atoms with Gasteiger partial charge in [0.2, 0.25) is 5.91 Å². The van der Waals surface area contributed by atoms with Gasteiger partial charge in [0.15, 0.2) is 0 Å². The molecule has 0 bridgehead atoms. The van der Waals surface area contributed by atoms with Gasteiger partial charge in [0, 0.05) is 11.4 Å². The maximum Gasteiger partial charge on any atom is 0.230 e. The van der Waals surface area contributed by atoms with E-state index in [2.05, 4.69) is 22.8 Å². The predicted molar refractivity (Wildman–Crippen MR) is 92.2 cm³/mol.